The minimum absolute atomic E-state index is 0.437. The fourth-order valence-corrected chi connectivity index (χ4v) is 1.62. The largest absolute Gasteiger partial charge is 0.479 e. The first-order valence-electron chi connectivity index (χ1n) is 4.33. The average molecular weight is 245 g/mol. The van der Waals surface area contributed by atoms with Crippen LogP contribution in [0, 0.1) is 13.8 Å². The molecule has 0 aliphatic rings. The molecule has 1 aromatic rings. The van der Waals surface area contributed by atoms with E-state index >= 15 is 0 Å². The summed E-state index contributed by atoms with van der Waals surface area (Å²) >= 11 is 1.33. The molecular formula is C8H11N3O4S. The Balaban J connectivity index is 2.37. The number of hydroxylamine groups is 1. The maximum absolute atomic E-state index is 11.1. The number of aliphatic carboxylic acids is 1. The molecule has 0 aliphatic heterocycles. The molecular weight excluding hydrogens is 234 g/mol. The predicted molar refractivity (Wildman–Crippen MR) is 57.3 cm³/mol. The number of carbonyl (C=O) groups is 2. The highest BCUT2D eigenvalue weighted by Gasteiger charge is 2.07. The van der Waals surface area contributed by atoms with Gasteiger partial charge in [-0.15, -0.1) is 11.3 Å². The first-order chi connectivity index (χ1) is 7.49. The number of carbonyl (C=O) groups excluding carboxylic acids is 1. The highest BCUT2D eigenvalue weighted by atomic mass is 32.1. The average Bonchev–Trinajstić information content (AvgIpc) is 2.44. The molecule has 0 atom stereocenters. The SMILES string of the molecule is Cc1nc(NC(=O)NOCC(=O)O)sc1C. The molecule has 1 heterocycles. The number of nitrogens with one attached hydrogen (secondary N) is 2. The number of amides is 2. The van der Waals surface area contributed by atoms with Crippen LogP contribution in [0.3, 0.4) is 0 Å². The molecule has 16 heavy (non-hydrogen) atoms. The molecule has 0 saturated heterocycles. The number of urea groups is 1. The number of aromatic nitrogens is 1. The van der Waals surface area contributed by atoms with Crippen molar-refractivity contribution >= 4 is 28.5 Å². The number of rotatable bonds is 4. The van der Waals surface area contributed by atoms with Crippen molar-refractivity contribution in [2.75, 3.05) is 11.9 Å². The maximum atomic E-state index is 11.1. The van der Waals surface area contributed by atoms with Gasteiger partial charge in [0.05, 0.1) is 5.69 Å². The van der Waals surface area contributed by atoms with E-state index in [1.54, 1.807) is 0 Å². The minimum Gasteiger partial charge on any atom is -0.479 e. The molecule has 0 saturated carbocycles. The van der Waals surface area contributed by atoms with Gasteiger partial charge in [0.1, 0.15) is 0 Å². The van der Waals surface area contributed by atoms with Crippen LogP contribution in [0.25, 0.3) is 0 Å². The number of carboxylic acids is 1. The minimum atomic E-state index is -1.17. The van der Waals surface area contributed by atoms with Crippen LogP contribution in [0.1, 0.15) is 10.6 Å². The second-order valence-corrected chi connectivity index (χ2v) is 4.10. The van der Waals surface area contributed by atoms with Gasteiger partial charge in [0, 0.05) is 4.88 Å². The molecule has 2 amide bonds. The Kier molecular flexibility index (Phi) is 4.20. The summed E-state index contributed by atoms with van der Waals surface area (Å²) in [5.74, 6) is -1.17. The Morgan fingerprint density at radius 1 is 1.50 bits per heavy atom. The van der Waals surface area contributed by atoms with Crippen LogP contribution in [0.15, 0.2) is 0 Å². The first-order valence-corrected chi connectivity index (χ1v) is 5.15. The van der Waals surface area contributed by atoms with E-state index in [9.17, 15) is 9.59 Å². The third-order valence-corrected chi connectivity index (χ3v) is 2.60. The predicted octanol–water partition coefficient (Wildman–Crippen LogP) is 0.898. The summed E-state index contributed by atoms with van der Waals surface area (Å²) in [4.78, 5) is 30.7. The maximum Gasteiger partial charge on any atom is 0.344 e. The van der Waals surface area contributed by atoms with Crippen LogP contribution < -0.4 is 10.8 Å². The number of hydrogen-bond donors (Lipinski definition) is 3. The van der Waals surface area contributed by atoms with Crippen molar-refractivity contribution in [2.45, 2.75) is 13.8 Å². The number of nitrogens with zero attached hydrogens (tertiary/aromatic N) is 1. The lowest BCUT2D eigenvalue weighted by molar-refractivity contribution is -0.143. The van der Waals surface area contributed by atoms with Crippen LogP contribution in [0.2, 0.25) is 0 Å². The van der Waals surface area contributed by atoms with Crippen LogP contribution in [-0.2, 0) is 9.63 Å². The van der Waals surface area contributed by atoms with Crippen molar-refractivity contribution in [2.24, 2.45) is 0 Å². The third kappa shape index (κ3) is 3.83. The van der Waals surface area contributed by atoms with E-state index in [0.29, 0.717) is 5.13 Å². The van der Waals surface area contributed by atoms with Gasteiger partial charge in [-0.3, -0.25) is 10.2 Å². The van der Waals surface area contributed by atoms with Crippen LogP contribution >= 0.6 is 11.3 Å². The summed E-state index contributed by atoms with van der Waals surface area (Å²) in [6.45, 7) is 3.12. The highest BCUT2D eigenvalue weighted by molar-refractivity contribution is 7.15. The molecule has 0 unspecified atom stereocenters. The third-order valence-electron chi connectivity index (χ3n) is 1.61. The molecule has 7 nitrogen and oxygen atoms in total. The van der Waals surface area contributed by atoms with Crippen molar-refractivity contribution < 1.29 is 19.5 Å². The second kappa shape index (κ2) is 5.42. The van der Waals surface area contributed by atoms with Crippen LogP contribution in [0.4, 0.5) is 9.93 Å². The molecule has 3 N–H and O–H groups in total. The fraction of sp³-hybridized carbons (Fsp3) is 0.375. The van der Waals surface area contributed by atoms with Crippen molar-refractivity contribution in [3.8, 4) is 0 Å². The number of thiazole rings is 1. The molecule has 0 fully saturated rings. The molecule has 0 bridgehead atoms. The zero-order valence-corrected chi connectivity index (χ0v) is 9.55. The normalized spacial score (nSPS) is 9.88. The molecule has 0 spiro atoms. The summed E-state index contributed by atoms with van der Waals surface area (Å²) in [5, 5.41) is 11.1. The number of anilines is 1. The Labute approximate surface area is 95.4 Å². The summed E-state index contributed by atoms with van der Waals surface area (Å²) in [6.07, 6.45) is 0. The Hall–Kier alpha value is -1.67. The van der Waals surface area contributed by atoms with E-state index in [1.165, 1.54) is 11.3 Å². The lowest BCUT2D eigenvalue weighted by Gasteiger charge is -2.03. The van der Waals surface area contributed by atoms with E-state index in [-0.39, 0.29) is 0 Å². The van der Waals surface area contributed by atoms with Gasteiger partial charge in [-0.1, -0.05) is 0 Å². The summed E-state index contributed by atoms with van der Waals surface area (Å²) in [6, 6.07) is -0.657. The zero-order valence-electron chi connectivity index (χ0n) is 8.73. The fourth-order valence-electron chi connectivity index (χ4n) is 0.812. The standard InChI is InChI=1S/C8H11N3O4S/c1-4-5(2)16-8(9-4)10-7(14)11-15-3-6(12)13/h3H2,1-2H3,(H,12,13)(H2,9,10,11,14). The molecule has 0 radical (unpaired) electrons. The van der Waals surface area contributed by atoms with Crippen molar-refractivity contribution in [3.05, 3.63) is 10.6 Å². The second-order valence-electron chi connectivity index (χ2n) is 2.90. The smallest absolute Gasteiger partial charge is 0.344 e. The number of hydrogen-bond acceptors (Lipinski definition) is 5. The quantitative estimate of drug-likeness (QED) is 0.684. The Morgan fingerprint density at radius 2 is 2.19 bits per heavy atom. The zero-order chi connectivity index (χ0) is 12.1. The van der Waals surface area contributed by atoms with E-state index in [0.717, 1.165) is 10.6 Å². The van der Waals surface area contributed by atoms with Gasteiger partial charge >= 0.3 is 12.0 Å². The lowest BCUT2D eigenvalue weighted by Crippen LogP contribution is -2.30. The molecule has 0 aromatic carbocycles. The van der Waals surface area contributed by atoms with Gasteiger partial charge in [0.25, 0.3) is 0 Å². The first kappa shape index (κ1) is 12.4. The van der Waals surface area contributed by atoms with Crippen LogP contribution in [0.5, 0.6) is 0 Å². The van der Waals surface area contributed by atoms with Gasteiger partial charge < -0.3 is 5.11 Å². The molecule has 88 valence electrons. The topological polar surface area (TPSA) is 101 Å². The van der Waals surface area contributed by atoms with Gasteiger partial charge in [0.2, 0.25) is 0 Å². The number of carboxylic acid groups (broad SMARTS) is 1. The molecule has 1 rings (SSSR count). The Morgan fingerprint density at radius 3 is 2.69 bits per heavy atom. The number of aryl methyl sites for hydroxylation is 2. The molecule has 1 aromatic heterocycles. The summed E-state index contributed by atoms with van der Waals surface area (Å²) < 4.78 is 0. The van der Waals surface area contributed by atoms with Crippen molar-refractivity contribution in [1.82, 2.24) is 10.5 Å². The van der Waals surface area contributed by atoms with Gasteiger partial charge in [0.15, 0.2) is 11.7 Å². The summed E-state index contributed by atoms with van der Waals surface area (Å²) in [7, 11) is 0. The highest BCUT2D eigenvalue weighted by Crippen LogP contribution is 2.20. The van der Waals surface area contributed by atoms with E-state index < -0.39 is 18.6 Å². The summed E-state index contributed by atoms with van der Waals surface area (Å²) in [5.41, 5.74) is 2.77. The van der Waals surface area contributed by atoms with E-state index in [2.05, 4.69) is 15.1 Å². The molecule has 0 aliphatic carbocycles. The van der Waals surface area contributed by atoms with E-state index in [4.69, 9.17) is 5.11 Å². The van der Waals surface area contributed by atoms with E-state index in [1.807, 2.05) is 19.3 Å². The lowest BCUT2D eigenvalue weighted by atomic mass is 10.4. The van der Waals surface area contributed by atoms with Gasteiger partial charge in [-0.05, 0) is 13.8 Å². The van der Waals surface area contributed by atoms with Crippen molar-refractivity contribution in [1.29, 1.82) is 0 Å². The monoisotopic (exact) mass is 245 g/mol. The van der Waals surface area contributed by atoms with Crippen LogP contribution in [-0.4, -0.2) is 28.7 Å². The van der Waals surface area contributed by atoms with Gasteiger partial charge in [-0.25, -0.2) is 20.1 Å². The van der Waals surface area contributed by atoms with Gasteiger partial charge in [-0.2, -0.15) is 0 Å². The van der Waals surface area contributed by atoms with Crippen molar-refractivity contribution in [3.63, 3.8) is 0 Å². The Bertz CT molecular complexity index is 384. The molecule has 8 heteroatoms.